The Morgan fingerprint density at radius 3 is 2.39 bits per heavy atom. The fourth-order valence-corrected chi connectivity index (χ4v) is 1.51. The molecule has 1 aromatic carbocycles. The lowest BCUT2D eigenvalue weighted by Crippen LogP contribution is -2.47. The average Bonchev–Trinajstić information content (AvgIpc) is 2.29. The minimum Gasteiger partial charge on any atom is -0.480 e. The zero-order valence-electron chi connectivity index (χ0n) is 10.8. The Morgan fingerprint density at radius 1 is 1.33 bits per heavy atom. The number of likely N-dealkylation sites (N-methyl/N-ethyl adjacent to an activating group) is 1. The van der Waals surface area contributed by atoms with Crippen molar-refractivity contribution < 1.29 is 14.7 Å². The van der Waals surface area contributed by atoms with Gasteiger partial charge in [-0.25, -0.2) is 0 Å². The number of amides is 1. The highest BCUT2D eigenvalue weighted by atomic mass is 16.4. The third-order valence-electron chi connectivity index (χ3n) is 3.17. The van der Waals surface area contributed by atoms with Crippen LogP contribution in [0.1, 0.15) is 29.8 Å². The predicted molar refractivity (Wildman–Crippen MR) is 68.1 cm³/mol. The molecule has 1 aromatic rings. The molecule has 0 radical (unpaired) electrons. The first-order valence-corrected chi connectivity index (χ1v) is 5.59. The topological polar surface area (TPSA) is 83.6 Å². The lowest BCUT2D eigenvalue weighted by molar-refractivity contribution is -0.148. The number of nitrogens with two attached hydrogens (primary N) is 1. The number of hydrogen-bond acceptors (Lipinski definition) is 3. The van der Waals surface area contributed by atoms with Crippen molar-refractivity contribution in [1.82, 2.24) is 4.90 Å². The third kappa shape index (κ3) is 2.87. The van der Waals surface area contributed by atoms with Gasteiger partial charge in [-0.15, -0.1) is 0 Å². The maximum Gasteiger partial charge on any atom is 0.323 e. The molecule has 0 bridgehead atoms. The summed E-state index contributed by atoms with van der Waals surface area (Å²) in [5.41, 5.74) is 5.42. The van der Waals surface area contributed by atoms with Crippen LogP contribution in [0.3, 0.4) is 0 Å². The molecule has 0 heterocycles. The molecule has 0 atom stereocenters. The number of primary amides is 1. The lowest BCUT2D eigenvalue weighted by atomic mass is 10.0. The number of benzene rings is 1. The summed E-state index contributed by atoms with van der Waals surface area (Å²) >= 11 is 0. The van der Waals surface area contributed by atoms with Gasteiger partial charge in [0.2, 0.25) is 5.91 Å². The molecule has 0 aliphatic rings. The zero-order chi connectivity index (χ0) is 13.9. The normalized spacial score (nSPS) is 11.6. The zero-order valence-corrected chi connectivity index (χ0v) is 10.8. The molecule has 0 saturated heterocycles. The van der Waals surface area contributed by atoms with Gasteiger partial charge in [0.05, 0.1) is 0 Å². The van der Waals surface area contributed by atoms with Gasteiger partial charge in [0, 0.05) is 12.1 Å². The maximum absolute atomic E-state index is 11.3. The molecule has 0 aromatic heterocycles. The lowest BCUT2D eigenvalue weighted by Gasteiger charge is -2.31. The minimum absolute atomic E-state index is 0.346. The summed E-state index contributed by atoms with van der Waals surface area (Å²) in [5.74, 6) is -1.42. The second-order valence-electron chi connectivity index (χ2n) is 4.74. The van der Waals surface area contributed by atoms with Crippen molar-refractivity contribution in [3.63, 3.8) is 0 Å². The first-order valence-electron chi connectivity index (χ1n) is 5.59. The van der Waals surface area contributed by atoms with Gasteiger partial charge in [0.15, 0.2) is 0 Å². The van der Waals surface area contributed by atoms with Crippen LogP contribution in [0.15, 0.2) is 24.3 Å². The molecule has 3 N–H and O–H groups in total. The second kappa shape index (κ2) is 5.18. The van der Waals surface area contributed by atoms with E-state index in [2.05, 4.69) is 0 Å². The van der Waals surface area contributed by atoms with E-state index in [1.165, 1.54) is 0 Å². The first-order chi connectivity index (χ1) is 8.26. The van der Waals surface area contributed by atoms with E-state index in [0.717, 1.165) is 5.56 Å². The van der Waals surface area contributed by atoms with Gasteiger partial charge in [-0.3, -0.25) is 14.5 Å². The molecule has 0 fully saturated rings. The van der Waals surface area contributed by atoms with E-state index in [1.807, 2.05) is 0 Å². The van der Waals surface area contributed by atoms with Crippen molar-refractivity contribution >= 4 is 11.9 Å². The molecule has 0 saturated carbocycles. The molecule has 5 nitrogen and oxygen atoms in total. The summed E-state index contributed by atoms with van der Waals surface area (Å²) in [7, 11) is 1.70. The van der Waals surface area contributed by atoms with Crippen molar-refractivity contribution in [2.24, 2.45) is 5.73 Å². The van der Waals surface area contributed by atoms with E-state index in [-0.39, 0.29) is 0 Å². The SMILES string of the molecule is CN(Cc1ccccc1C(N)=O)C(C)(C)C(=O)O. The van der Waals surface area contributed by atoms with Crippen LogP contribution >= 0.6 is 0 Å². The van der Waals surface area contributed by atoms with Gasteiger partial charge >= 0.3 is 5.97 Å². The first kappa shape index (κ1) is 14.2. The van der Waals surface area contributed by atoms with E-state index < -0.39 is 17.4 Å². The fraction of sp³-hybridized carbons (Fsp3) is 0.385. The highest BCUT2D eigenvalue weighted by molar-refractivity contribution is 5.94. The Balaban J connectivity index is 2.99. The standard InChI is InChI=1S/C13H18N2O3/c1-13(2,12(17)18)15(3)8-9-6-4-5-7-10(9)11(14)16/h4-7H,8H2,1-3H3,(H2,14,16)(H,17,18). The van der Waals surface area contributed by atoms with Crippen molar-refractivity contribution in [3.8, 4) is 0 Å². The van der Waals surface area contributed by atoms with E-state index in [4.69, 9.17) is 10.8 Å². The van der Waals surface area contributed by atoms with Crippen LogP contribution in [0.5, 0.6) is 0 Å². The number of carbonyl (C=O) groups is 2. The van der Waals surface area contributed by atoms with Crippen LogP contribution in [0.25, 0.3) is 0 Å². The number of nitrogens with zero attached hydrogens (tertiary/aromatic N) is 1. The largest absolute Gasteiger partial charge is 0.480 e. The number of rotatable bonds is 5. The molecule has 0 aliphatic heterocycles. The van der Waals surface area contributed by atoms with Crippen LogP contribution in [-0.4, -0.2) is 34.5 Å². The number of aliphatic carboxylic acids is 1. The van der Waals surface area contributed by atoms with Gasteiger partial charge in [0.25, 0.3) is 0 Å². The molecule has 1 amide bonds. The van der Waals surface area contributed by atoms with Crippen LogP contribution in [0, 0.1) is 0 Å². The van der Waals surface area contributed by atoms with E-state index in [0.29, 0.717) is 12.1 Å². The van der Waals surface area contributed by atoms with Gasteiger partial charge in [-0.2, -0.15) is 0 Å². The Morgan fingerprint density at radius 2 is 1.89 bits per heavy atom. The molecule has 98 valence electrons. The summed E-state index contributed by atoms with van der Waals surface area (Å²) in [6.07, 6.45) is 0. The summed E-state index contributed by atoms with van der Waals surface area (Å²) in [6.45, 7) is 3.57. The third-order valence-corrected chi connectivity index (χ3v) is 3.17. The number of carboxylic acids is 1. The average molecular weight is 250 g/mol. The van der Waals surface area contributed by atoms with E-state index in [1.54, 1.807) is 50.1 Å². The molecule has 0 unspecified atom stereocenters. The molecule has 1 rings (SSSR count). The van der Waals surface area contributed by atoms with Crippen LogP contribution in [-0.2, 0) is 11.3 Å². The van der Waals surface area contributed by atoms with Crippen LogP contribution in [0.2, 0.25) is 0 Å². The Labute approximate surface area is 106 Å². The molecular weight excluding hydrogens is 232 g/mol. The molecule has 5 heteroatoms. The highest BCUT2D eigenvalue weighted by Gasteiger charge is 2.32. The van der Waals surface area contributed by atoms with Gasteiger partial charge in [0.1, 0.15) is 5.54 Å². The Bertz CT molecular complexity index is 469. The quantitative estimate of drug-likeness (QED) is 0.819. The molecule has 0 spiro atoms. The molecular formula is C13H18N2O3. The van der Waals surface area contributed by atoms with E-state index >= 15 is 0 Å². The van der Waals surface area contributed by atoms with Crippen molar-refractivity contribution in [2.45, 2.75) is 25.9 Å². The summed E-state index contributed by atoms with van der Waals surface area (Å²) in [4.78, 5) is 24.1. The van der Waals surface area contributed by atoms with Crippen LogP contribution in [0.4, 0.5) is 0 Å². The Kier molecular flexibility index (Phi) is 4.08. The summed E-state index contributed by atoms with van der Waals surface area (Å²) < 4.78 is 0. The fourth-order valence-electron chi connectivity index (χ4n) is 1.51. The van der Waals surface area contributed by atoms with E-state index in [9.17, 15) is 9.59 Å². The smallest absolute Gasteiger partial charge is 0.323 e. The monoisotopic (exact) mass is 250 g/mol. The van der Waals surface area contributed by atoms with Crippen LogP contribution < -0.4 is 5.73 Å². The predicted octanol–water partition coefficient (Wildman–Crippen LogP) is 1.08. The second-order valence-corrected chi connectivity index (χ2v) is 4.74. The van der Waals surface area contributed by atoms with Gasteiger partial charge in [-0.05, 0) is 32.5 Å². The van der Waals surface area contributed by atoms with Crippen molar-refractivity contribution in [3.05, 3.63) is 35.4 Å². The van der Waals surface area contributed by atoms with Gasteiger partial charge in [-0.1, -0.05) is 18.2 Å². The van der Waals surface area contributed by atoms with Crippen molar-refractivity contribution in [1.29, 1.82) is 0 Å². The maximum atomic E-state index is 11.3. The number of carboxylic acid groups (broad SMARTS) is 1. The number of carbonyl (C=O) groups excluding carboxylic acids is 1. The summed E-state index contributed by atoms with van der Waals surface area (Å²) in [5, 5.41) is 9.13. The minimum atomic E-state index is -1.01. The summed E-state index contributed by atoms with van der Waals surface area (Å²) in [6, 6.07) is 6.93. The molecule has 0 aliphatic carbocycles. The van der Waals surface area contributed by atoms with Crippen molar-refractivity contribution in [2.75, 3.05) is 7.05 Å². The highest BCUT2D eigenvalue weighted by Crippen LogP contribution is 2.18. The Hall–Kier alpha value is -1.88. The molecule has 18 heavy (non-hydrogen) atoms. The number of hydrogen-bond donors (Lipinski definition) is 2. The van der Waals surface area contributed by atoms with Gasteiger partial charge < -0.3 is 10.8 Å².